The molecule has 0 spiro atoms. The molecule has 0 aromatic heterocycles. The van der Waals surface area contributed by atoms with Crippen LogP contribution < -0.4 is 4.74 Å². The van der Waals surface area contributed by atoms with Crippen LogP contribution in [-0.2, 0) is 15.8 Å². The van der Waals surface area contributed by atoms with Gasteiger partial charge in [0.05, 0.1) is 26.4 Å². The number of methoxy groups -OCH3 is 1. The highest BCUT2D eigenvalue weighted by Crippen LogP contribution is 2.36. The minimum Gasteiger partial charge on any atom is -0.497 e. The smallest absolute Gasteiger partial charge is 0.191 e. The second-order valence-corrected chi connectivity index (χ2v) is 13.4. The summed E-state index contributed by atoms with van der Waals surface area (Å²) in [6, 6.07) is 7.72. The van der Waals surface area contributed by atoms with Crippen LogP contribution in [0.1, 0.15) is 52.0 Å². The third kappa shape index (κ3) is 9.75. The van der Waals surface area contributed by atoms with Gasteiger partial charge >= 0.3 is 0 Å². The first kappa shape index (κ1) is 24.7. The molecule has 1 aromatic rings. The lowest BCUT2D eigenvalue weighted by Crippen LogP contribution is -2.40. The van der Waals surface area contributed by atoms with Crippen LogP contribution in [0.4, 0.5) is 0 Å². The third-order valence-electron chi connectivity index (χ3n) is 5.17. The van der Waals surface area contributed by atoms with Crippen molar-refractivity contribution in [2.24, 2.45) is 0 Å². The quantitative estimate of drug-likeness (QED) is 0.313. The van der Waals surface area contributed by atoms with E-state index < -0.39 is 14.4 Å². The number of hydrogen-bond donors (Lipinski definition) is 1. The number of ether oxygens (including phenoxy) is 2. The van der Waals surface area contributed by atoms with E-state index in [1.54, 1.807) is 7.11 Å². The van der Waals surface area contributed by atoms with Crippen LogP contribution in [0.5, 0.6) is 5.75 Å². The second-order valence-electron chi connectivity index (χ2n) is 8.64. The molecule has 4 nitrogen and oxygen atoms in total. The van der Waals surface area contributed by atoms with Crippen molar-refractivity contribution < 1.29 is 19.0 Å². The van der Waals surface area contributed by atoms with Crippen LogP contribution >= 0.6 is 0 Å². The Balaban J connectivity index is 2.09. The van der Waals surface area contributed by atoms with Gasteiger partial charge in [0.15, 0.2) is 8.32 Å². The first-order chi connectivity index (χ1) is 13.2. The van der Waals surface area contributed by atoms with Crippen molar-refractivity contribution in [2.75, 3.05) is 20.3 Å². The Morgan fingerprint density at radius 3 is 2.36 bits per heavy atom. The highest BCUT2D eigenvalue weighted by molar-refractivity contribution is 6.74. The molecule has 0 saturated carbocycles. The molecule has 28 heavy (non-hydrogen) atoms. The topological polar surface area (TPSA) is 47.9 Å². The zero-order chi connectivity index (χ0) is 21.0. The molecule has 0 amide bonds. The summed E-state index contributed by atoms with van der Waals surface area (Å²) in [4.78, 5) is 0. The Labute approximate surface area is 172 Å². The molecular weight excluding hydrogens is 368 g/mol. The molecule has 158 valence electrons. The SMILES string of the molecule is COc1ccc(COC[C@H](O)CC#CCCCCO[Si](C)(C)C(C)(C)C)cc1. The van der Waals surface area contributed by atoms with Crippen LogP contribution in [0.25, 0.3) is 0 Å². The van der Waals surface area contributed by atoms with Crippen molar-refractivity contribution in [3.63, 3.8) is 0 Å². The predicted octanol–water partition coefficient (Wildman–Crippen LogP) is 5.16. The summed E-state index contributed by atoms with van der Waals surface area (Å²) in [6.07, 6.45) is 2.82. The largest absolute Gasteiger partial charge is 0.497 e. The highest BCUT2D eigenvalue weighted by atomic mass is 28.4. The molecule has 0 saturated heterocycles. The summed E-state index contributed by atoms with van der Waals surface area (Å²) < 4.78 is 16.8. The fraction of sp³-hybridized carbons (Fsp3) is 0.652. The van der Waals surface area contributed by atoms with Gasteiger partial charge in [-0.15, -0.1) is 11.8 Å². The van der Waals surface area contributed by atoms with E-state index in [1.807, 2.05) is 24.3 Å². The van der Waals surface area contributed by atoms with Gasteiger partial charge in [-0.3, -0.25) is 0 Å². The lowest BCUT2D eigenvalue weighted by Gasteiger charge is -2.36. The van der Waals surface area contributed by atoms with Gasteiger partial charge in [0.25, 0.3) is 0 Å². The fourth-order valence-corrected chi connectivity index (χ4v) is 3.32. The van der Waals surface area contributed by atoms with Gasteiger partial charge < -0.3 is 19.0 Å². The zero-order valence-corrected chi connectivity index (χ0v) is 19.5. The standard InChI is InChI=1S/C23H38O4Si/c1-23(2,3)28(5,6)27-17-11-9-7-8-10-12-21(24)19-26-18-20-13-15-22(25-4)16-14-20/h13-16,21,24H,7,9,11-12,17-19H2,1-6H3/t21-/m1/s1. The Morgan fingerprint density at radius 1 is 1.07 bits per heavy atom. The minimum absolute atomic E-state index is 0.262. The van der Waals surface area contributed by atoms with Gasteiger partial charge in [0.2, 0.25) is 0 Å². The summed E-state index contributed by atoms with van der Waals surface area (Å²) in [5.41, 5.74) is 1.05. The first-order valence-corrected chi connectivity index (χ1v) is 13.0. The van der Waals surface area contributed by atoms with Crippen molar-refractivity contribution in [3.8, 4) is 17.6 Å². The highest BCUT2D eigenvalue weighted by Gasteiger charge is 2.36. The van der Waals surface area contributed by atoms with Crippen LogP contribution in [-0.4, -0.2) is 39.9 Å². The normalized spacial score (nSPS) is 13.0. The van der Waals surface area contributed by atoms with E-state index in [9.17, 15) is 5.11 Å². The zero-order valence-electron chi connectivity index (χ0n) is 18.5. The number of unbranched alkanes of at least 4 members (excludes halogenated alkanes) is 2. The Hall–Kier alpha value is -1.32. The summed E-state index contributed by atoms with van der Waals surface area (Å²) in [7, 11) is 0.0181. The van der Waals surface area contributed by atoms with Crippen molar-refractivity contribution in [2.45, 2.75) is 77.3 Å². The van der Waals surface area contributed by atoms with Crippen molar-refractivity contribution in [3.05, 3.63) is 29.8 Å². The molecule has 0 aliphatic carbocycles. The van der Waals surface area contributed by atoms with E-state index in [1.165, 1.54) is 0 Å². The molecule has 1 N–H and O–H groups in total. The lowest BCUT2D eigenvalue weighted by atomic mass is 10.2. The molecule has 0 fully saturated rings. The number of aliphatic hydroxyl groups excluding tert-OH is 1. The van der Waals surface area contributed by atoms with Crippen LogP contribution in [0.15, 0.2) is 24.3 Å². The average molecular weight is 407 g/mol. The van der Waals surface area contributed by atoms with Gasteiger partial charge in [-0.1, -0.05) is 32.9 Å². The van der Waals surface area contributed by atoms with E-state index in [4.69, 9.17) is 13.9 Å². The number of rotatable bonds is 11. The molecule has 1 atom stereocenters. The maximum atomic E-state index is 9.95. The summed E-state index contributed by atoms with van der Waals surface area (Å²) >= 11 is 0. The van der Waals surface area contributed by atoms with E-state index >= 15 is 0 Å². The monoisotopic (exact) mass is 406 g/mol. The van der Waals surface area contributed by atoms with Gasteiger partial charge in [0, 0.05) is 19.4 Å². The van der Waals surface area contributed by atoms with Crippen molar-refractivity contribution in [1.29, 1.82) is 0 Å². The van der Waals surface area contributed by atoms with Gasteiger partial charge in [-0.2, -0.15) is 0 Å². The molecule has 0 bridgehead atoms. The Bertz CT molecular complexity index is 608. The van der Waals surface area contributed by atoms with Crippen LogP contribution in [0, 0.1) is 11.8 Å². The van der Waals surface area contributed by atoms with Crippen LogP contribution in [0.2, 0.25) is 18.1 Å². The Morgan fingerprint density at radius 2 is 1.75 bits per heavy atom. The maximum Gasteiger partial charge on any atom is 0.191 e. The predicted molar refractivity (Wildman–Crippen MR) is 118 cm³/mol. The molecule has 0 heterocycles. The Kier molecular flexibility index (Phi) is 10.8. The third-order valence-corrected chi connectivity index (χ3v) is 9.70. The van der Waals surface area contributed by atoms with Gasteiger partial charge in [-0.25, -0.2) is 0 Å². The molecule has 1 aromatic carbocycles. The minimum atomic E-state index is -1.63. The second kappa shape index (κ2) is 12.3. The van der Waals surface area contributed by atoms with Crippen molar-refractivity contribution >= 4 is 8.32 Å². The molecule has 5 heteroatoms. The van der Waals surface area contributed by atoms with E-state index in [0.717, 1.165) is 37.2 Å². The fourth-order valence-electron chi connectivity index (χ4n) is 2.23. The first-order valence-electron chi connectivity index (χ1n) is 10.1. The molecular formula is C23H38O4Si. The average Bonchev–Trinajstić information content (AvgIpc) is 2.63. The van der Waals surface area contributed by atoms with Crippen LogP contribution in [0.3, 0.4) is 0 Å². The molecule has 0 radical (unpaired) electrons. The van der Waals surface area contributed by atoms with E-state index in [2.05, 4.69) is 45.7 Å². The number of benzene rings is 1. The summed E-state index contributed by atoms with van der Waals surface area (Å²) in [6.45, 7) is 12.9. The molecule has 0 unspecified atom stereocenters. The molecule has 0 aliphatic heterocycles. The van der Waals surface area contributed by atoms with E-state index in [0.29, 0.717) is 19.6 Å². The number of aliphatic hydroxyl groups is 1. The summed E-state index contributed by atoms with van der Waals surface area (Å²) in [5, 5.41) is 10.2. The van der Waals surface area contributed by atoms with Gasteiger partial charge in [0.1, 0.15) is 5.75 Å². The van der Waals surface area contributed by atoms with Crippen molar-refractivity contribution in [1.82, 2.24) is 0 Å². The summed E-state index contributed by atoms with van der Waals surface area (Å²) in [5.74, 6) is 7.02. The maximum absolute atomic E-state index is 9.95. The molecule has 1 rings (SSSR count). The number of hydrogen-bond acceptors (Lipinski definition) is 4. The molecule has 0 aliphatic rings. The van der Waals surface area contributed by atoms with Gasteiger partial charge in [-0.05, 0) is 48.7 Å². The van der Waals surface area contributed by atoms with E-state index in [-0.39, 0.29) is 5.04 Å². The lowest BCUT2D eigenvalue weighted by molar-refractivity contribution is 0.0311.